The number of hydrogen-bond acceptors (Lipinski definition) is 2. The maximum absolute atomic E-state index is 6.10. The lowest BCUT2D eigenvalue weighted by atomic mass is 9.88. The van der Waals surface area contributed by atoms with Crippen molar-refractivity contribution in [2.24, 2.45) is 0 Å². The topological polar surface area (TPSA) is 26.0 Å². The summed E-state index contributed by atoms with van der Waals surface area (Å²) in [6.45, 7) is 6.59. The fourth-order valence-corrected chi connectivity index (χ4v) is 2.95. The first-order valence-electron chi connectivity index (χ1n) is 7.91. The van der Waals surface area contributed by atoms with Gasteiger partial charge in [-0.25, -0.2) is 0 Å². The number of rotatable bonds is 1. The third-order valence-corrected chi connectivity index (χ3v) is 4.31. The van der Waals surface area contributed by atoms with Gasteiger partial charge in [0.1, 0.15) is 11.2 Å². The fraction of sp³-hybridized carbons (Fsp3) is 0.190. The first-order chi connectivity index (χ1) is 11.0. The number of pyridine rings is 1. The van der Waals surface area contributed by atoms with Crippen molar-refractivity contribution >= 4 is 21.9 Å². The molecule has 0 saturated heterocycles. The van der Waals surface area contributed by atoms with Crippen LogP contribution in [-0.2, 0) is 5.41 Å². The van der Waals surface area contributed by atoms with Gasteiger partial charge in [0.05, 0.1) is 5.69 Å². The molecule has 2 heterocycles. The van der Waals surface area contributed by atoms with E-state index in [1.165, 1.54) is 5.56 Å². The van der Waals surface area contributed by atoms with Crippen molar-refractivity contribution in [1.82, 2.24) is 4.98 Å². The number of benzene rings is 2. The summed E-state index contributed by atoms with van der Waals surface area (Å²) in [5.41, 5.74) is 5.16. The summed E-state index contributed by atoms with van der Waals surface area (Å²) >= 11 is 0. The van der Waals surface area contributed by atoms with E-state index in [1.54, 1.807) is 0 Å². The van der Waals surface area contributed by atoms with E-state index in [0.717, 1.165) is 33.2 Å². The molecule has 0 spiro atoms. The lowest BCUT2D eigenvalue weighted by molar-refractivity contribution is 0.587. The van der Waals surface area contributed by atoms with E-state index in [2.05, 4.69) is 62.2 Å². The number of nitrogens with zero attached hydrogens (tertiary/aromatic N) is 1. The van der Waals surface area contributed by atoms with Crippen LogP contribution in [0, 0.1) is 0 Å². The lowest BCUT2D eigenvalue weighted by Gasteiger charge is -2.18. The Bertz CT molecular complexity index is 988. The van der Waals surface area contributed by atoms with Gasteiger partial charge in [-0.15, -0.1) is 0 Å². The van der Waals surface area contributed by atoms with Gasteiger partial charge in [-0.2, -0.15) is 0 Å². The molecule has 0 unspecified atom stereocenters. The molecule has 2 aromatic carbocycles. The van der Waals surface area contributed by atoms with Crippen LogP contribution < -0.4 is 0 Å². The van der Waals surface area contributed by atoms with Crippen molar-refractivity contribution in [2.75, 3.05) is 0 Å². The second kappa shape index (κ2) is 4.95. The molecule has 0 aliphatic rings. The highest BCUT2D eigenvalue weighted by atomic mass is 16.3. The molecule has 0 amide bonds. The van der Waals surface area contributed by atoms with Crippen LogP contribution in [0.25, 0.3) is 33.2 Å². The SMILES string of the molecule is CC(C)(C)c1ccc(-c2cccc3c2oc2ccccc23)nc1. The first kappa shape index (κ1) is 14.0. The molecular formula is C21H19NO. The quantitative estimate of drug-likeness (QED) is 0.434. The summed E-state index contributed by atoms with van der Waals surface area (Å²) in [5.74, 6) is 0. The van der Waals surface area contributed by atoms with Gasteiger partial charge in [-0.1, -0.05) is 57.2 Å². The van der Waals surface area contributed by atoms with Crippen LogP contribution in [0.4, 0.5) is 0 Å². The predicted octanol–water partition coefficient (Wildman–Crippen LogP) is 5.95. The molecule has 114 valence electrons. The Kier molecular flexibility index (Phi) is 3.02. The third-order valence-electron chi connectivity index (χ3n) is 4.31. The van der Waals surface area contributed by atoms with Crippen LogP contribution >= 0.6 is 0 Å². The molecule has 0 radical (unpaired) electrons. The molecule has 2 heteroatoms. The molecular weight excluding hydrogens is 282 g/mol. The minimum atomic E-state index is 0.108. The zero-order chi connectivity index (χ0) is 16.0. The van der Waals surface area contributed by atoms with Crippen molar-refractivity contribution < 1.29 is 4.42 Å². The number of furan rings is 1. The number of aromatic nitrogens is 1. The first-order valence-corrected chi connectivity index (χ1v) is 7.91. The molecule has 4 rings (SSSR count). The van der Waals surface area contributed by atoms with Crippen LogP contribution in [0.1, 0.15) is 26.3 Å². The van der Waals surface area contributed by atoms with Gasteiger partial charge in [0.2, 0.25) is 0 Å². The maximum Gasteiger partial charge on any atom is 0.144 e. The van der Waals surface area contributed by atoms with Crippen molar-refractivity contribution in [2.45, 2.75) is 26.2 Å². The van der Waals surface area contributed by atoms with Gasteiger partial charge in [0.15, 0.2) is 0 Å². The minimum Gasteiger partial charge on any atom is -0.455 e. The average Bonchev–Trinajstić information content (AvgIpc) is 2.93. The van der Waals surface area contributed by atoms with E-state index in [4.69, 9.17) is 4.42 Å². The molecule has 23 heavy (non-hydrogen) atoms. The van der Waals surface area contributed by atoms with Crippen molar-refractivity contribution in [3.63, 3.8) is 0 Å². The zero-order valence-corrected chi connectivity index (χ0v) is 13.6. The van der Waals surface area contributed by atoms with Crippen LogP contribution in [0.15, 0.2) is 65.2 Å². The van der Waals surface area contributed by atoms with Gasteiger partial charge in [0.25, 0.3) is 0 Å². The van der Waals surface area contributed by atoms with Crippen LogP contribution in [0.5, 0.6) is 0 Å². The van der Waals surface area contributed by atoms with Gasteiger partial charge < -0.3 is 4.42 Å². The molecule has 0 aliphatic carbocycles. The predicted molar refractivity (Wildman–Crippen MR) is 95.7 cm³/mol. The standard InChI is InChI=1S/C21H19NO/c1-21(2,3)14-11-12-18(22-13-14)17-9-6-8-16-15-7-4-5-10-19(15)23-20(16)17/h4-13H,1-3H3. The monoisotopic (exact) mass is 301 g/mol. The van der Waals surface area contributed by atoms with E-state index in [0.29, 0.717) is 0 Å². The van der Waals surface area contributed by atoms with E-state index >= 15 is 0 Å². The zero-order valence-electron chi connectivity index (χ0n) is 13.6. The lowest BCUT2D eigenvalue weighted by Crippen LogP contribution is -2.11. The van der Waals surface area contributed by atoms with Gasteiger partial charge in [-0.3, -0.25) is 4.98 Å². The maximum atomic E-state index is 6.10. The highest BCUT2D eigenvalue weighted by molar-refractivity contribution is 6.09. The average molecular weight is 301 g/mol. The fourth-order valence-electron chi connectivity index (χ4n) is 2.95. The second-order valence-corrected chi connectivity index (χ2v) is 6.96. The summed E-state index contributed by atoms with van der Waals surface area (Å²) in [6, 6.07) is 18.6. The second-order valence-electron chi connectivity index (χ2n) is 6.96. The highest BCUT2D eigenvalue weighted by Gasteiger charge is 2.16. The summed E-state index contributed by atoms with van der Waals surface area (Å²) in [6.07, 6.45) is 1.97. The van der Waals surface area contributed by atoms with E-state index in [1.807, 2.05) is 24.4 Å². The molecule has 2 nitrogen and oxygen atoms in total. The molecule has 0 N–H and O–H groups in total. The summed E-state index contributed by atoms with van der Waals surface area (Å²) < 4.78 is 6.10. The van der Waals surface area contributed by atoms with Gasteiger partial charge >= 0.3 is 0 Å². The normalized spacial score (nSPS) is 12.1. The highest BCUT2D eigenvalue weighted by Crippen LogP contribution is 2.35. The summed E-state index contributed by atoms with van der Waals surface area (Å²) in [5, 5.41) is 2.29. The minimum absolute atomic E-state index is 0.108. The number of hydrogen-bond donors (Lipinski definition) is 0. The van der Waals surface area contributed by atoms with Gasteiger partial charge in [0, 0.05) is 22.5 Å². The third kappa shape index (κ3) is 2.31. The molecule has 2 aromatic heterocycles. The summed E-state index contributed by atoms with van der Waals surface area (Å²) in [4.78, 5) is 4.68. The smallest absolute Gasteiger partial charge is 0.144 e. The van der Waals surface area contributed by atoms with Gasteiger partial charge in [-0.05, 0) is 29.2 Å². The largest absolute Gasteiger partial charge is 0.455 e. The Labute approximate surface area is 135 Å². The van der Waals surface area contributed by atoms with Crippen molar-refractivity contribution in [1.29, 1.82) is 0 Å². The van der Waals surface area contributed by atoms with Crippen molar-refractivity contribution in [3.8, 4) is 11.3 Å². The molecule has 0 aliphatic heterocycles. The Morgan fingerprint density at radius 1 is 0.826 bits per heavy atom. The number of fused-ring (bicyclic) bond motifs is 3. The molecule has 4 aromatic rings. The number of para-hydroxylation sites is 2. The van der Waals surface area contributed by atoms with Crippen LogP contribution in [-0.4, -0.2) is 4.98 Å². The Morgan fingerprint density at radius 3 is 2.35 bits per heavy atom. The van der Waals surface area contributed by atoms with E-state index < -0.39 is 0 Å². The Hall–Kier alpha value is -2.61. The molecule has 0 atom stereocenters. The Balaban J connectivity index is 1.92. The Morgan fingerprint density at radius 2 is 1.61 bits per heavy atom. The van der Waals surface area contributed by atoms with Crippen LogP contribution in [0.2, 0.25) is 0 Å². The van der Waals surface area contributed by atoms with Crippen molar-refractivity contribution in [3.05, 3.63) is 66.4 Å². The molecule has 0 bridgehead atoms. The summed E-state index contributed by atoms with van der Waals surface area (Å²) in [7, 11) is 0. The van der Waals surface area contributed by atoms with Crippen LogP contribution in [0.3, 0.4) is 0 Å². The van der Waals surface area contributed by atoms with E-state index in [9.17, 15) is 0 Å². The molecule has 0 saturated carbocycles. The molecule has 0 fully saturated rings. The van der Waals surface area contributed by atoms with E-state index in [-0.39, 0.29) is 5.41 Å².